The average Bonchev–Trinajstić information content (AvgIpc) is 2.91. The van der Waals surface area contributed by atoms with Gasteiger partial charge in [0.05, 0.1) is 5.69 Å². The van der Waals surface area contributed by atoms with Gasteiger partial charge in [0.2, 0.25) is 0 Å². The molecule has 2 heterocycles. The van der Waals surface area contributed by atoms with Crippen LogP contribution in [-0.2, 0) is 6.42 Å². The van der Waals surface area contributed by atoms with Gasteiger partial charge in [0.1, 0.15) is 5.82 Å². The van der Waals surface area contributed by atoms with Crippen LogP contribution in [0.1, 0.15) is 5.56 Å². The number of nitrogens with two attached hydrogens (primary N) is 1. The van der Waals surface area contributed by atoms with Crippen LogP contribution >= 0.6 is 0 Å². The van der Waals surface area contributed by atoms with Crippen molar-refractivity contribution in [2.24, 2.45) is 0 Å². The Labute approximate surface area is 121 Å². The van der Waals surface area contributed by atoms with Crippen molar-refractivity contribution >= 4 is 27.8 Å². The quantitative estimate of drug-likeness (QED) is 0.691. The molecule has 0 aliphatic carbocycles. The fourth-order valence-corrected chi connectivity index (χ4v) is 3.04. The molecule has 0 atom stereocenters. The number of rotatable bonds is 1. The molecule has 3 nitrogen and oxygen atoms in total. The lowest BCUT2D eigenvalue weighted by Gasteiger charge is -2.22. The van der Waals surface area contributed by atoms with Crippen molar-refractivity contribution in [3.05, 3.63) is 60.2 Å². The summed E-state index contributed by atoms with van der Waals surface area (Å²) in [4.78, 5) is 6.34. The van der Waals surface area contributed by atoms with E-state index >= 15 is 0 Å². The number of pyridine rings is 1. The lowest BCUT2D eigenvalue weighted by molar-refractivity contribution is 0.628. The number of nitrogen functional groups attached to an aromatic ring is 1. The summed E-state index contributed by atoms with van der Waals surface area (Å²) < 4.78 is 13.6. The highest BCUT2D eigenvalue weighted by Gasteiger charge is 2.22. The van der Waals surface area contributed by atoms with E-state index in [-0.39, 0.29) is 5.82 Å². The standard InChI is InChI=1S/C17H14FN3/c18-12-2-1-11-6-8-21(17(11)9-12)16-4-3-15(19)13-5-7-20-10-14(13)16/h1-5,7,9-10H,6,8,19H2. The number of nitrogens with zero attached hydrogens (tertiary/aromatic N) is 2. The van der Waals surface area contributed by atoms with Crippen LogP contribution in [0.3, 0.4) is 0 Å². The van der Waals surface area contributed by atoms with E-state index in [0.29, 0.717) is 0 Å². The average molecular weight is 279 g/mol. The van der Waals surface area contributed by atoms with Crippen LogP contribution in [0, 0.1) is 5.82 Å². The van der Waals surface area contributed by atoms with Crippen molar-refractivity contribution in [1.82, 2.24) is 4.98 Å². The van der Waals surface area contributed by atoms with Crippen molar-refractivity contribution in [2.75, 3.05) is 17.2 Å². The second-order valence-electron chi connectivity index (χ2n) is 5.27. The molecule has 0 bridgehead atoms. The lowest BCUT2D eigenvalue weighted by Crippen LogP contribution is -2.14. The van der Waals surface area contributed by atoms with E-state index in [9.17, 15) is 4.39 Å². The Morgan fingerprint density at radius 1 is 1.05 bits per heavy atom. The van der Waals surface area contributed by atoms with Crippen LogP contribution in [0.4, 0.5) is 21.5 Å². The molecule has 0 saturated carbocycles. The monoisotopic (exact) mass is 279 g/mol. The fourth-order valence-electron chi connectivity index (χ4n) is 3.04. The first kappa shape index (κ1) is 12.1. The summed E-state index contributed by atoms with van der Waals surface area (Å²) in [7, 11) is 0. The van der Waals surface area contributed by atoms with E-state index in [4.69, 9.17) is 5.73 Å². The molecule has 1 aliphatic rings. The molecular formula is C17H14FN3. The highest BCUT2D eigenvalue weighted by Crippen LogP contribution is 2.39. The van der Waals surface area contributed by atoms with Crippen LogP contribution in [0.2, 0.25) is 0 Å². The zero-order chi connectivity index (χ0) is 14.4. The molecule has 4 rings (SSSR count). The topological polar surface area (TPSA) is 42.1 Å². The molecule has 0 saturated heterocycles. The molecule has 104 valence electrons. The Morgan fingerprint density at radius 3 is 2.86 bits per heavy atom. The van der Waals surface area contributed by atoms with Crippen molar-refractivity contribution in [2.45, 2.75) is 6.42 Å². The van der Waals surface area contributed by atoms with Gasteiger partial charge in [-0.15, -0.1) is 0 Å². The van der Waals surface area contributed by atoms with Crippen LogP contribution in [-0.4, -0.2) is 11.5 Å². The summed E-state index contributed by atoms with van der Waals surface area (Å²) in [6, 6.07) is 10.8. The SMILES string of the molecule is Nc1ccc(N2CCc3ccc(F)cc32)c2cnccc12. The summed E-state index contributed by atoms with van der Waals surface area (Å²) in [6.45, 7) is 0.840. The van der Waals surface area contributed by atoms with Crippen LogP contribution in [0.25, 0.3) is 10.8 Å². The van der Waals surface area contributed by atoms with Crippen molar-refractivity contribution in [3.8, 4) is 0 Å². The van der Waals surface area contributed by atoms with Gasteiger partial charge in [-0.3, -0.25) is 4.98 Å². The Bertz CT molecular complexity index is 845. The van der Waals surface area contributed by atoms with Gasteiger partial charge >= 0.3 is 0 Å². The smallest absolute Gasteiger partial charge is 0.125 e. The highest BCUT2D eigenvalue weighted by molar-refractivity contribution is 6.02. The molecule has 0 radical (unpaired) electrons. The number of fused-ring (bicyclic) bond motifs is 2. The van der Waals surface area contributed by atoms with E-state index in [1.807, 2.05) is 30.5 Å². The summed E-state index contributed by atoms with van der Waals surface area (Å²) in [5, 5.41) is 1.97. The van der Waals surface area contributed by atoms with E-state index in [1.54, 1.807) is 12.3 Å². The lowest BCUT2D eigenvalue weighted by atomic mass is 10.1. The fraction of sp³-hybridized carbons (Fsp3) is 0.118. The van der Waals surface area contributed by atoms with E-state index in [2.05, 4.69) is 9.88 Å². The predicted molar refractivity (Wildman–Crippen MR) is 83.3 cm³/mol. The van der Waals surface area contributed by atoms with Gasteiger partial charge in [-0.25, -0.2) is 4.39 Å². The molecule has 4 heteroatoms. The second-order valence-corrected chi connectivity index (χ2v) is 5.27. The normalized spacial score (nSPS) is 13.7. The first-order valence-electron chi connectivity index (χ1n) is 6.92. The third-order valence-corrected chi connectivity index (χ3v) is 4.06. The molecule has 0 spiro atoms. The second kappa shape index (κ2) is 4.45. The maximum atomic E-state index is 13.6. The van der Waals surface area contributed by atoms with Gasteiger partial charge < -0.3 is 10.6 Å². The predicted octanol–water partition coefficient (Wildman–Crippen LogP) is 3.65. The number of benzene rings is 2. The van der Waals surface area contributed by atoms with Gasteiger partial charge in [-0.1, -0.05) is 6.07 Å². The Morgan fingerprint density at radius 2 is 1.95 bits per heavy atom. The summed E-state index contributed by atoms with van der Waals surface area (Å²) in [6.07, 6.45) is 4.47. The van der Waals surface area contributed by atoms with Crippen molar-refractivity contribution in [1.29, 1.82) is 0 Å². The van der Waals surface area contributed by atoms with Gasteiger partial charge in [-0.05, 0) is 42.3 Å². The van der Waals surface area contributed by atoms with E-state index in [1.165, 1.54) is 11.6 Å². The molecule has 21 heavy (non-hydrogen) atoms. The molecule has 2 N–H and O–H groups in total. The Kier molecular flexibility index (Phi) is 2.57. The molecule has 0 amide bonds. The minimum absolute atomic E-state index is 0.210. The summed E-state index contributed by atoms with van der Waals surface area (Å²) >= 11 is 0. The minimum Gasteiger partial charge on any atom is -0.398 e. The molecule has 1 aromatic heterocycles. The van der Waals surface area contributed by atoms with Crippen molar-refractivity contribution < 1.29 is 4.39 Å². The first-order chi connectivity index (χ1) is 10.2. The zero-order valence-corrected chi connectivity index (χ0v) is 11.4. The third-order valence-electron chi connectivity index (χ3n) is 4.06. The van der Waals surface area contributed by atoms with Crippen LogP contribution in [0.5, 0.6) is 0 Å². The number of anilines is 3. The maximum Gasteiger partial charge on any atom is 0.125 e. The Hall–Kier alpha value is -2.62. The maximum absolute atomic E-state index is 13.6. The number of hydrogen-bond donors (Lipinski definition) is 1. The van der Waals surface area contributed by atoms with Crippen LogP contribution in [0.15, 0.2) is 48.8 Å². The third kappa shape index (κ3) is 1.83. The highest BCUT2D eigenvalue weighted by atomic mass is 19.1. The van der Waals surface area contributed by atoms with E-state index < -0.39 is 0 Å². The van der Waals surface area contributed by atoms with Gasteiger partial charge in [0.15, 0.2) is 0 Å². The van der Waals surface area contributed by atoms with Crippen molar-refractivity contribution in [3.63, 3.8) is 0 Å². The summed E-state index contributed by atoms with van der Waals surface area (Å²) in [5.41, 5.74) is 9.90. The van der Waals surface area contributed by atoms with Gasteiger partial charge in [-0.2, -0.15) is 0 Å². The van der Waals surface area contributed by atoms with E-state index in [0.717, 1.165) is 40.8 Å². The zero-order valence-electron chi connectivity index (χ0n) is 11.4. The molecule has 1 aliphatic heterocycles. The molecule has 3 aromatic rings. The number of hydrogen-bond acceptors (Lipinski definition) is 3. The molecule has 2 aromatic carbocycles. The molecule has 0 fully saturated rings. The van der Waals surface area contributed by atoms with Gasteiger partial charge in [0, 0.05) is 41.1 Å². The largest absolute Gasteiger partial charge is 0.398 e. The minimum atomic E-state index is -0.210. The van der Waals surface area contributed by atoms with Gasteiger partial charge in [0.25, 0.3) is 0 Å². The summed E-state index contributed by atoms with van der Waals surface area (Å²) in [5.74, 6) is -0.210. The first-order valence-corrected chi connectivity index (χ1v) is 6.92. The molecular weight excluding hydrogens is 265 g/mol. The van der Waals surface area contributed by atoms with Crippen LogP contribution < -0.4 is 10.6 Å². The Balaban J connectivity index is 1.94. The number of halogens is 1. The number of aromatic nitrogens is 1. The molecule has 0 unspecified atom stereocenters.